The third-order valence-corrected chi connectivity index (χ3v) is 3.57. The van der Waals surface area contributed by atoms with Crippen LogP contribution in [0.1, 0.15) is 37.8 Å². The molecule has 0 saturated heterocycles. The summed E-state index contributed by atoms with van der Waals surface area (Å²) in [4.78, 5) is 8.60. The standard InChI is InChI=1S/C15H24N4.HI/c1-16-15(19-14-8-3-2-4-9-14)18-12-10-13-7-5-6-11-17-13;/h5-7,11,14H,2-4,8-10,12H2,1H3,(H2,16,18,19);1H. The summed E-state index contributed by atoms with van der Waals surface area (Å²) in [5.74, 6) is 0.919. The van der Waals surface area contributed by atoms with Crippen LogP contribution in [0, 0.1) is 0 Å². The van der Waals surface area contributed by atoms with Crippen LogP contribution in [0.4, 0.5) is 0 Å². The van der Waals surface area contributed by atoms with Crippen molar-refractivity contribution in [3.63, 3.8) is 0 Å². The van der Waals surface area contributed by atoms with Crippen molar-refractivity contribution in [3.8, 4) is 0 Å². The minimum atomic E-state index is 0. The first-order valence-electron chi connectivity index (χ1n) is 7.25. The molecule has 2 rings (SSSR count). The molecule has 1 aromatic heterocycles. The van der Waals surface area contributed by atoms with Crippen LogP contribution in [0.2, 0.25) is 0 Å². The van der Waals surface area contributed by atoms with Gasteiger partial charge in [0.05, 0.1) is 0 Å². The second kappa shape index (κ2) is 9.96. The number of rotatable bonds is 4. The molecule has 5 heteroatoms. The molecule has 1 fully saturated rings. The van der Waals surface area contributed by atoms with E-state index in [4.69, 9.17) is 0 Å². The molecule has 0 atom stereocenters. The zero-order chi connectivity index (χ0) is 13.3. The molecule has 0 spiro atoms. The molecule has 0 aromatic carbocycles. The van der Waals surface area contributed by atoms with Gasteiger partial charge in [0, 0.05) is 37.9 Å². The molecule has 4 nitrogen and oxygen atoms in total. The van der Waals surface area contributed by atoms with Crippen LogP contribution >= 0.6 is 24.0 Å². The molecule has 0 unspecified atom stereocenters. The number of aromatic nitrogens is 1. The lowest BCUT2D eigenvalue weighted by Gasteiger charge is -2.24. The Hall–Kier alpha value is -0.850. The zero-order valence-electron chi connectivity index (χ0n) is 12.1. The Balaban J connectivity index is 0.00000200. The van der Waals surface area contributed by atoms with E-state index in [2.05, 4.69) is 26.7 Å². The summed E-state index contributed by atoms with van der Waals surface area (Å²) in [5.41, 5.74) is 1.11. The number of halogens is 1. The first kappa shape index (κ1) is 17.2. The predicted molar refractivity (Wildman–Crippen MR) is 94.7 cm³/mol. The van der Waals surface area contributed by atoms with Gasteiger partial charge in [-0.15, -0.1) is 24.0 Å². The van der Waals surface area contributed by atoms with E-state index < -0.39 is 0 Å². The summed E-state index contributed by atoms with van der Waals surface area (Å²) < 4.78 is 0. The van der Waals surface area contributed by atoms with Crippen molar-refractivity contribution in [1.82, 2.24) is 15.6 Å². The van der Waals surface area contributed by atoms with Crippen LogP contribution in [-0.2, 0) is 6.42 Å². The van der Waals surface area contributed by atoms with Gasteiger partial charge in [-0.2, -0.15) is 0 Å². The van der Waals surface area contributed by atoms with E-state index in [9.17, 15) is 0 Å². The quantitative estimate of drug-likeness (QED) is 0.474. The average Bonchev–Trinajstić information content (AvgIpc) is 2.48. The summed E-state index contributed by atoms with van der Waals surface area (Å²) in [6.07, 6.45) is 9.34. The summed E-state index contributed by atoms with van der Waals surface area (Å²) in [7, 11) is 1.83. The Bertz CT molecular complexity index is 388. The van der Waals surface area contributed by atoms with E-state index in [1.807, 2.05) is 25.4 Å². The summed E-state index contributed by atoms with van der Waals surface area (Å²) in [5, 5.41) is 6.87. The topological polar surface area (TPSA) is 49.3 Å². The van der Waals surface area contributed by atoms with Crippen LogP contribution in [0.5, 0.6) is 0 Å². The maximum atomic E-state index is 4.32. The number of guanidine groups is 1. The highest BCUT2D eigenvalue weighted by Gasteiger charge is 2.14. The van der Waals surface area contributed by atoms with E-state index in [1.165, 1.54) is 32.1 Å². The van der Waals surface area contributed by atoms with Gasteiger partial charge in [-0.3, -0.25) is 9.98 Å². The van der Waals surface area contributed by atoms with Gasteiger partial charge in [-0.05, 0) is 25.0 Å². The molecule has 1 aliphatic carbocycles. The van der Waals surface area contributed by atoms with E-state index in [-0.39, 0.29) is 24.0 Å². The molecule has 2 N–H and O–H groups in total. The number of hydrogen-bond acceptors (Lipinski definition) is 2. The minimum Gasteiger partial charge on any atom is -0.356 e. The Labute approximate surface area is 138 Å². The molecule has 1 saturated carbocycles. The van der Waals surface area contributed by atoms with Gasteiger partial charge in [0.1, 0.15) is 0 Å². The highest BCUT2D eigenvalue weighted by Crippen LogP contribution is 2.17. The van der Waals surface area contributed by atoms with Crippen LogP contribution in [-0.4, -0.2) is 30.6 Å². The molecule has 1 aliphatic rings. The number of nitrogens with zero attached hydrogens (tertiary/aromatic N) is 2. The SMILES string of the molecule is CN=C(NCCc1ccccn1)NC1CCCCC1.I. The fourth-order valence-electron chi connectivity index (χ4n) is 2.49. The van der Waals surface area contributed by atoms with Crippen molar-refractivity contribution in [2.45, 2.75) is 44.6 Å². The lowest BCUT2D eigenvalue weighted by atomic mass is 9.96. The van der Waals surface area contributed by atoms with Gasteiger partial charge in [0.2, 0.25) is 0 Å². The van der Waals surface area contributed by atoms with Crippen molar-refractivity contribution in [2.24, 2.45) is 4.99 Å². The third kappa shape index (κ3) is 6.07. The highest BCUT2D eigenvalue weighted by atomic mass is 127. The van der Waals surface area contributed by atoms with Gasteiger partial charge in [0.25, 0.3) is 0 Å². The molecule has 1 heterocycles. The largest absolute Gasteiger partial charge is 0.356 e. The maximum Gasteiger partial charge on any atom is 0.191 e. The molecule has 112 valence electrons. The maximum absolute atomic E-state index is 4.32. The van der Waals surface area contributed by atoms with Gasteiger partial charge in [0.15, 0.2) is 5.96 Å². The molecule has 0 amide bonds. The van der Waals surface area contributed by atoms with Gasteiger partial charge < -0.3 is 10.6 Å². The fourth-order valence-corrected chi connectivity index (χ4v) is 2.49. The summed E-state index contributed by atoms with van der Waals surface area (Å²) in [6, 6.07) is 6.62. The Morgan fingerprint density at radius 1 is 1.30 bits per heavy atom. The second-order valence-corrected chi connectivity index (χ2v) is 5.05. The first-order valence-corrected chi connectivity index (χ1v) is 7.25. The van der Waals surface area contributed by atoms with E-state index in [0.717, 1.165) is 24.6 Å². The van der Waals surface area contributed by atoms with Crippen molar-refractivity contribution in [1.29, 1.82) is 0 Å². The van der Waals surface area contributed by atoms with Crippen LogP contribution in [0.3, 0.4) is 0 Å². The Kier molecular flexibility index (Phi) is 8.57. The van der Waals surface area contributed by atoms with E-state index in [1.54, 1.807) is 0 Å². The molecule has 0 bridgehead atoms. The number of aliphatic imine (C=N–C) groups is 1. The molecule has 20 heavy (non-hydrogen) atoms. The molecule has 0 radical (unpaired) electrons. The number of nitrogens with one attached hydrogen (secondary N) is 2. The van der Waals surface area contributed by atoms with Crippen LogP contribution in [0.25, 0.3) is 0 Å². The van der Waals surface area contributed by atoms with Gasteiger partial charge in [-0.25, -0.2) is 0 Å². The van der Waals surface area contributed by atoms with E-state index in [0.29, 0.717) is 6.04 Å². The lowest BCUT2D eigenvalue weighted by Crippen LogP contribution is -2.44. The van der Waals surface area contributed by atoms with Crippen molar-refractivity contribution in [2.75, 3.05) is 13.6 Å². The monoisotopic (exact) mass is 388 g/mol. The zero-order valence-corrected chi connectivity index (χ0v) is 14.5. The Morgan fingerprint density at radius 2 is 2.10 bits per heavy atom. The molecule has 1 aromatic rings. The third-order valence-electron chi connectivity index (χ3n) is 3.57. The van der Waals surface area contributed by atoms with Gasteiger partial charge >= 0.3 is 0 Å². The highest BCUT2D eigenvalue weighted by molar-refractivity contribution is 14.0. The number of pyridine rings is 1. The molecular formula is C15H25IN4. The molecular weight excluding hydrogens is 363 g/mol. The summed E-state index contributed by atoms with van der Waals surface area (Å²) >= 11 is 0. The van der Waals surface area contributed by atoms with E-state index >= 15 is 0 Å². The fraction of sp³-hybridized carbons (Fsp3) is 0.600. The van der Waals surface area contributed by atoms with Crippen molar-refractivity contribution in [3.05, 3.63) is 30.1 Å². The van der Waals surface area contributed by atoms with Crippen LogP contribution < -0.4 is 10.6 Å². The van der Waals surface area contributed by atoms with Crippen molar-refractivity contribution < 1.29 is 0 Å². The Morgan fingerprint density at radius 3 is 2.75 bits per heavy atom. The normalized spacial score (nSPS) is 16.4. The summed E-state index contributed by atoms with van der Waals surface area (Å²) in [6.45, 7) is 0.864. The molecule has 0 aliphatic heterocycles. The first-order chi connectivity index (χ1) is 9.38. The predicted octanol–water partition coefficient (Wildman–Crippen LogP) is 2.74. The lowest BCUT2D eigenvalue weighted by molar-refractivity contribution is 0.410. The average molecular weight is 388 g/mol. The minimum absolute atomic E-state index is 0. The van der Waals surface area contributed by atoms with Crippen LogP contribution in [0.15, 0.2) is 29.4 Å². The van der Waals surface area contributed by atoms with Gasteiger partial charge in [-0.1, -0.05) is 25.3 Å². The smallest absolute Gasteiger partial charge is 0.191 e. The number of hydrogen-bond donors (Lipinski definition) is 2. The second-order valence-electron chi connectivity index (χ2n) is 5.05. The van der Waals surface area contributed by atoms with Crippen molar-refractivity contribution >= 4 is 29.9 Å².